The summed E-state index contributed by atoms with van der Waals surface area (Å²) in [4.78, 5) is 64.1. The third kappa shape index (κ3) is 4.05. The van der Waals surface area contributed by atoms with Crippen molar-refractivity contribution in [2.75, 3.05) is 22.1 Å². The van der Waals surface area contributed by atoms with Crippen LogP contribution in [0.25, 0.3) is 0 Å². The monoisotopic (exact) mass is 594 g/mol. The van der Waals surface area contributed by atoms with Gasteiger partial charge in [-0.2, -0.15) is 0 Å². The van der Waals surface area contributed by atoms with Crippen LogP contribution in [0, 0.1) is 11.6 Å². The van der Waals surface area contributed by atoms with Gasteiger partial charge >= 0.3 is 6.03 Å². The Bertz CT molecular complexity index is 1880. The van der Waals surface area contributed by atoms with Crippen molar-refractivity contribution >= 4 is 41.1 Å². The van der Waals surface area contributed by atoms with Gasteiger partial charge in [0, 0.05) is 29.7 Å². The molecule has 2 aromatic carbocycles. The molecule has 2 N–H and O–H groups in total. The van der Waals surface area contributed by atoms with Crippen molar-refractivity contribution in [2.45, 2.75) is 30.7 Å². The second-order valence-corrected chi connectivity index (χ2v) is 11.2. The molecule has 0 bridgehead atoms. The van der Waals surface area contributed by atoms with E-state index in [9.17, 15) is 28.0 Å². The van der Waals surface area contributed by atoms with Gasteiger partial charge in [-0.3, -0.25) is 19.3 Å². The number of imide groups is 1. The Morgan fingerprint density at radius 3 is 2.43 bits per heavy atom. The molecular weight excluding hydrogens is 570 g/mol. The number of urea groups is 1. The zero-order chi connectivity index (χ0) is 30.8. The Hall–Kier alpha value is -5.52. The summed E-state index contributed by atoms with van der Waals surface area (Å²) in [7, 11) is 0. The molecule has 5 amide bonds. The van der Waals surface area contributed by atoms with Crippen LogP contribution in [-0.4, -0.2) is 45.2 Å². The highest BCUT2D eigenvalue weighted by atomic mass is 19.1. The minimum atomic E-state index is -1.92. The van der Waals surface area contributed by atoms with E-state index >= 15 is 0 Å². The Balaban J connectivity index is 1.17. The number of amides is 5. The van der Waals surface area contributed by atoms with Crippen molar-refractivity contribution in [3.8, 4) is 0 Å². The number of hydrogen-bond acceptors (Lipinski definition) is 6. The molecule has 2 aliphatic heterocycles. The maximum absolute atomic E-state index is 14.3. The first-order valence-corrected chi connectivity index (χ1v) is 13.8. The molecule has 2 aromatic heterocycles. The molecule has 1 fully saturated rings. The van der Waals surface area contributed by atoms with Crippen molar-refractivity contribution in [3.05, 3.63) is 113 Å². The van der Waals surface area contributed by atoms with E-state index in [1.54, 1.807) is 36.5 Å². The molecule has 1 spiro atoms. The molecule has 12 heteroatoms. The third-order valence-corrected chi connectivity index (χ3v) is 8.65. The smallest absolute Gasteiger partial charge is 0.325 e. The fourth-order valence-electron chi connectivity index (χ4n) is 6.45. The Morgan fingerprint density at radius 1 is 0.932 bits per heavy atom. The van der Waals surface area contributed by atoms with E-state index in [-0.39, 0.29) is 17.3 Å². The van der Waals surface area contributed by atoms with Gasteiger partial charge < -0.3 is 10.6 Å². The Labute approximate surface area is 249 Å². The highest BCUT2D eigenvalue weighted by molar-refractivity contribution is 6.23. The summed E-state index contributed by atoms with van der Waals surface area (Å²) in [6.07, 6.45) is 3.92. The molecule has 220 valence electrons. The number of carbonyl (C=O) groups excluding carboxylic acids is 4. The summed E-state index contributed by atoms with van der Waals surface area (Å²) in [6, 6.07) is 15.3. The van der Waals surface area contributed by atoms with Gasteiger partial charge in [-0.1, -0.05) is 18.2 Å². The minimum Gasteiger partial charge on any atom is -0.325 e. The van der Waals surface area contributed by atoms with Gasteiger partial charge in [-0.25, -0.2) is 28.4 Å². The molecule has 1 unspecified atom stereocenters. The summed E-state index contributed by atoms with van der Waals surface area (Å²) in [5, 5.41) is 5.63. The maximum Gasteiger partial charge on any atom is 0.334 e. The molecule has 1 saturated heterocycles. The average molecular weight is 595 g/mol. The fraction of sp³-hybridized carbons (Fsp3) is 0.188. The molecule has 3 aliphatic rings. The van der Waals surface area contributed by atoms with E-state index in [4.69, 9.17) is 0 Å². The molecule has 44 heavy (non-hydrogen) atoms. The van der Waals surface area contributed by atoms with Crippen molar-refractivity contribution in [2.24, 2.45) is 0 Å². The molecule has 7 rings (SSSR count). The van der Waals surface area contributed by atoms with Crippen LogP contribution in [0.3, 0.4) is 0 Å². The van der Waals surface area contributed by atoms with Gasteiger partial charge in [0.1, 0.15) is 35.4 Å². The van der Waals surface area contributed by atoms with Crippen molar-refractivity contribution in [1.29, 1.82) is 0 Å². The standard InChI is InChI=1S/C32H24F2N6O4/c1-31(20-12-21(33)14-22(34)13-20)29(43)40(25-6-2-3-9-35-25)30(44)39(31)17-26(41)37-23-8-7-18-15-32(16-19(18)11-23)24-5-4-10-36-27(24)38-28(32)42/h2-14H,15-17H2,1H3,(H,37,41)(H,36,38,42)/t31?,32-/m1/s1. The summed E-state index contributed by atoms with van der Waals surface area (Å²) in [5.74, 6) is -2.90. The molecule has 1 aliphatic carbocycles. The lowest BCUT2D eigenvalue weighted by Crippen LogP contribution is -2.47. The fourth-order valence-corrected chi connectivity index (χ4v) is 6.45. The number of nitrogens with zero attached hydrogens (tertiary/aromatic N) is 4. The number of pyridine rings is 2. The maximum atomic E-state index is 14.3. The normalized spacial score (nSPS) is 21.9. The summed E-state index contributed by atoms with van der Waals surface area (Å²) < 4.78 is 28.6. The third-order valence-electron chi connectivity index (χ3n) is 8.65. The number of benzene rings is 2. The molecule has 0 radical (unpaired) electrons. The quantitative estimate of drug-likeness (QED) is 0.336. The SMILES string of the molecule is CC1(c2cc(F)cc(F)c2)C(=O)N(c2ccccn2)C(=O)N1CC(=O)Nc1ccc2c(c1)C[C@@]1(C2)C(=O)Nc2ncccc21. The lowest BCUT2D eigenvalue weighted by Gasteiger charge is -2.31. The predicted molar refractivity (Wildman–Crippen MR) is 155 cm³/mol. The molecule has 10 nitrogen and oxygen atoms in total. The Morgan fingerprint density at radius 2 is 1.68 bits per heavy atom. The number of nitrogens with one attached hydrogen (secondary N) is 2. The van der Waals surface area contributed by atoms with E-state index in [0.29, 0.717) is 30.4 Å². The van der Waals surface area contributed by atoms with Crippen LogP contribution >= 0.6 is 0 Å². The number of carbonyl (C=O) groups is 4. The van der Waals surface area contributed by atoms with Gasteiger partial charge in [0.15, 0.2) is 0 Å². The summed E-state index contributed by atoms with van der Waals surface area (Å²) in [5.41, 5.74) is 0.255. The molecule has 0 saturated carbocycles. The van der Waals surface area contributed by atoms with Gasteiger partial charge in [0.2, 0.25) is 11.8 Å². The first-order valence-electron chi connectivity index (χ1n) is 13.8. The van der Waals surface area contributed by atoms with E-state index in [1.807, 2.05) is 12.1 Å². The van der Waals surface area contributed by atoms with Crippen LogP contribution in [0.1, 0.15) is 29.2 Å². The highest BCUT2D eigenvalue weighted by Crippen LogP contribution is 2.47. The number of anilines is 3. The largest absolute Gasteiger partial charge is 0.334 e. The second kappa shape index (κ2) is 9.76. The van der Waals surface area contributed by atoms with Crippen LogP contribution in [0.4, 0.5) is 30.9 Å². The first-order chi connectivity index (χ1) is 21.1. The van der Waals surface area contributed by atoms with E-state index in [1.165, 1.54) is 19.2 Å². The van der Waals surface area contributed by atoms with Gasteiger partial charge in [-0.05, 0) is 78.9 Å². The average Bonchev–Trinajstić information content (AvgIpc) is 3.57. The van der Waals surface area contributed by atoms with Gasteiger partial charge in [0.05, 0.1) is 5.41 Å². The number of rotatable bonds is 5. The number of halogens is 2. The number of fused-ring (bicyclic) bond motifs is 3. The van der Waals surface area contributed by atoms with Crippen molar-refractivity contribution < 1.29 is 28.0 Å². The van der Waals surface area contributed by atoms with Crippen LogP contribution in [0.5, 0.6) is 0 Å². The molecule has 2 atom stereocenters. The van der Waals surface area contributed by atoms with Crippen molar-refractivity contribution in [3.63, 3.8) is 0 Å². The van der Waals surface area contributed by atoms with Crippen LogP contribution < -0.4 is 15.5 Å². The summed E-state index contributed by atoms with van der Waals surface area (Å²) in [6.45, 7) is 0.733. The number of aromatic nitrogens is 2. The number of hydrogen-bond donors (Lipinski definition) is 2. The van der Waals surface area contributed by atoms with Crippen LogP contribution in [0.2, 0.25) is 0 Å². The molecule has 4 aromatic rings. The minimum absolute atomic E-state index is 0.00813. The lowest BCUT2D eigenvalue weighted by atomic mass is 9.79. The van der Waals surface area contributed by atoms with Gasteiger partial charge in [0.25, 0.3) is 5.91 Å². The van der Waals surface area contributed by atoms with E-state index in [2.05, 4.69) is 20.6 Å². The van der Waals surface area contributed by atoms with Crippen LogP contribution in [0.15, 0.2) is 79.1 Å². The first kappa shape index (κ1) is 27.3. The van der Waals surface area contributed by atoms with Gasteiger partial charge in [-0.15, -0.1) is 0 Å². The zero-order valence-electron chi connectivity index (χ0n) is 23.3. The topological polar surface area (TPSA) is 125 Å². The lowest BCUT2D eigenvalue weighted by molar-refractivity contribution is -0.126. The predicted octanol–water partition coefficient (Wildman–Crippen LogP) is 4.07. The van der Waals surface area contributed by atoms with Crippen molar-refractivity contribution in [1.82, 2.24) is 14.9 Å². The molecular formula is C32H24F2N6O4. The van der Waals surface area contributed by atoms with Crippen LogP contribution in [-0.2, 0) is 38.2 Å². The Kier molecular flexibility index (Phi) is 6.06. The van der Waals surface area contributed by atoms with E-state index in [0.717, 1.165) is 38.6 Å². The van der Waals surface area contributed by atoms with E-state index < -0.39 is 47.0 Å². The highest BCUT2D eigenvalue weighted by Gasteiger charge is 2.57. The second-order valence-electron chi connectivity index (χ2n) is 11.2. The summed E-state index contributed by atoms with van der Waals surface area (Å²) >= 11 is 0. The zero-order valence-corrected chi connectivity index (χ0v) is 23.3. The molecule has 4 heterocycles.